The van der Waals surface area contributed by atoms with E-state index in [0.717, 1.165) is 18.5 Å². The molecule has 1 aliphatic heterocycles. The SMILES string of the molecule is CCCN1CCC(CN)C1C. The van der Waals surface area contributed by atoms with Gasteiger partial charge in [0.1, 0.15) is 0 Å². The molecular formula is C9H20N2. The van der Waals surface area contributed by atoms with Gasteiger partial charge in [-0.25, -0.2) is 0 Å². The van der Waals surface area contributed by atoms with Crippen molar-refractivity contribution in [3.8, 4) is 0 Å². The monoisotopic (exact) mass is 156 g/mol. The summed E-state index contributed by atoms with van der Waals surface area (Å²) < 4.78 is 0. The molecule has 0 aromatic carbocycles. The van der Waals surface area contributed by atoms with Gasteiger partial charge in [-0.3, -0.25) is 0 Å². The van der Waals surface area contributed by atoms with E-state index in [4.69, 9.17) is 5.73 Å². The molecule has 1 aliphatic rings. The summed E-state index contributed by atoms with van der Waals surface area (Å²) in [4.78, 5) is 2.55. The molecule has 2 heteroatoms. The number of hydrogen-bond acceptors (Lipinski definition) is 2. The van der Waals surface area contributed by atoms with E-state index in [0.29, 0.717) is 0 Å². The minimum absolute atomic E-state index is 0.722. The number of nitrogens with two attached hydrogens (primary N) is 1. The first-order valence-corrected chi connectivity index (χ1v) is 4.73. The molecule has 1 saturated heterocycles. The van der Waals surface area contributed by atoms with Gasteiger partial charge < -0.3 is 10.6 Å². The topological polar surface area (TPSA) is 29.3 Å². The first kappa shape index (κ1) is 9.01. The standard InChI is InChI=1S/C9H20N2/c1-3-5-11-6-4-9(7-10)8(11)2/h8-9H,3-7,10H2,1-2H3. The fraction of sp³-hybridized carbons (Fsp3) is 1.00. The van der Waals surface area contributed by atoms with Gasteiger partial charge in [0.25, 0.3) is 0 Å². The Labute approximate surface area is 69.8 Å². The Morgan fingerprint density at radius 3 is 2.73 bits per heavy atom. The number of likely N-dealkylation sites (tertiary alicyclic amines) is 1. The smallest absolute Gasteiger partial charge is 0.0108 e. The highest BCUT2D eigenvalue weighted by molar-refractivity contribution is 4.83. The van der Waals surface area contributed by atoms with E-state index in [-0.39, 0.29) is 0 Å². The van der Waals surface area contributed by atoms with E-state index >= 15 is 0 Å². The van der Waals surface area contributed by atoms with Gasteiger partial charge in [-0.15, -0.1) is 0 Å². The summed E-state index contributed by atoms with van der Waals surface area (Å²) in [6.45, 7) is 7.92. The molecule has 0 saturated carbocycles. The molecule has 0 radical (unpaired) electrons. The second-order valence-electron chi connectivity index (χ2n) is 3.56. The fourth-order valence-electron chi connectivity index (χ4n) is 1.99. The van der Waals surface area contributed by atoms with E-state index in [2.05, 4.69) is 18.7 Å². The highest BCUT2D eigenvalue weighted by Crippen LogP contribution is 2.22. The highest BCUT2D eigenvalue weighted by Gasteiger charge is 2.28. The molecule has 1 fully saturated rings. The maximum Gasteiger partial charge on any atom is 0.0108 e. The molecule has 1 heterocycles. The van der Waals surface area contributed by atoms with Gasteiger partial charge in [0.2, 0.25) is 0 Å². The molecule has 0 aliphatic carbocycles. The average molecular weight is 156 g/mol. The molecule has 0 aromatic rings. The van der Waals surface area contributed by atoms with Crippen molar-refractivity contribution in [3.05, 3.63) is 0 Å². The maximum absolute atomic E-state index is 5.66. The van der Waals surface area contributed by atoms with Gasteiger partial charge >= 0.3 is 0 Å². The minimum Gasteiger partial charge on any atom is -0.330 e. The molecule has 0 bridgehead atoms. The first-order chi connectivity index (χ1) is 5.29. The number of hydrogen-bond donors (Lipinski definition) is 1. The van der Waals surface area contributed by atoms with Crippen LogP contribution in [-0.4, -0.2) is 30.6 Å². The summed E-state index contributed by atoms with van der Waals surface area (Å²) in [5.41, 5.74) is 5.66. The lowest BCUT2D eigenvalue weighted by molar-refractivity contribution is 0.244. The molecule has 2 N–H and O–H groups in total. The van der Waals surface area contributed by atoms with Crippen LogP contribution in [0.25, 0.3) is 0 Å². The van der Waals surface area contributed by atoms with Crippen molar-refractivity contribution >= 4 is 0 Å². The lowest BCUT2D eigenvalue weighted by Crippen LogP contribution is -2.33. The van der Waals surface area contributed by atoms with Crippen LogP contribution in [0.2, 0.25) is 0 Å². The Balaban J connectivity index is 2.35. The first-order valence-electron chi connectivity index (χ1n) is 4.73. The predicted octanol–water partition coefficient (Wildman–Crippen LogP) is 1.07. The van der Waals surface area contributed by atoms with Crippen molar-refractivity contribution in [2.24, 2.45) is 11.7 Å². The van der Waals surface area contributed by atoms with Crippen molar-refractivity contribution in [3.63, 3.8) is 0 Å². The van der Waals surface area contributed by atoms with Crippen LogP contribution in [0.5, 0.6) is 0 Å². The average Bonchev–Trinajstić information content (AvgIpc) is 2.34. The minimum atomic E-state index is 0.722. The zero-order valence-electron chi connectivity index (χ0n) is 7.71. The van der Waals surface area contributed by atoms with Crippen molar-refractivity contribution in [1.82, 2.24) is 4.90 Å². The van der Waals surface area contributed by atoms with Crippen molar-refractivity contribution < 1.29 is 0 Å². The van der Waals surface area contributed by atoms with Gasteiger partial charge in [-0.05, 0) is 45.3 Å². The molecule has 0 spiro atoms. The second-order valence-corrected chi connectivity index (χ2v) is 3.56. The summed E-state index contributed by atoms with van der Waals surface area (Å²) in [5.74, 6) is 0.751. The van der Waals surface area contributed by atoms with E-state index in [1.54, 1.807) is 0 Å². The molecule has 0 amide bonds. The van der Waals surface area contributed by atoms with Gasteiger partial charge in [0.15, 0.2) is 0 Å². The van der Waals surface area contributed by atoms with Crippen LogP contribution in [0, 0.1) is 5.92 Å². The Kier molecular flexibility index (Phi) is 3.34. The molecule has 66 valence electrons. The van der Waals surface area contributed by atoms with Gasteiger partial charge in [-0.2, -0.15) is 0 Å². The van der Waals surface area contributed by atoms with Crippen molar-refractivity contribution in [1.29, 1.82) is 0 Å². The largest absolute Gasteiger partial charge is 0.330 e. The van der Waals surface area contributed by atoms with Crippen LogP contribution in [0.15, 0.2) is 0 Å². The van der Waals surface area contributed by atoms with Gasteiger partial charge in [-0.1, -0.05) is 6.92 Å². The van der Waals surface area contributed by atoms with E-state index < -0.39 is 0 Å². The quantitative estimate of drug-likeness (QED) is 0.662. The van der Waals surface area contributed by atoms with Crippen LogP contribution in [0.1, 0.15) is 26.7 Å². The predicted molar refractivity (Wildman–Crippen MR) is 48.5 cm³/mol. The van der Waals surface area contributed by atoms with Crippen LogP contribution < -0.4 is 5.73 Å². The molecular weight excluding hydrogens is 136 g/mol. The second kappa shape index (κ2) is 4.07. The Morgan fingerprint density at radius 1 is 1.55 bits per heavy atom. The molecule has 2 atom stereocenters. The molecule has 11 heavy (non-hydrogen) atoms. The van der Waals surface area contributed by atoms with Crippen LogP contribution >= 0.6 is 0 Å². The van der Waals surface area contributed by atoms with Crippen LogP contribution in [0.3, 0.4) is 0 Å². The third-order valence-corrected chi connectivity index (χ3v) is 2.86. The molecule has 0 aromatic heterocycles. The number of nitrogens with zero attached hydrogens (tertiary/aromatic N) is 1. The Bertz CT molecular complexity index is 114. The van der Waals surface area contributed by atoms with Crippen LogP contribution in [-0.2, 0) is 0 Å². The normalized spacial score (nSPS) is 33.0. The molecule has 2 nitrogen and oxygen atoms in total. The van der Waals surface area contributed by atoms with E-state index in [9.17, 15) is 0 Å². The maximum atomic E-state index is 5.66. The summed E-state index contributed by atoms with van der Waals surface area (Å²) in [5, 5.41) is 0. The highest BCUT2D eigenvalue weighted by atomic mass is 15.2. The zero-order chi connectivity index (χ0) is 8.27. The van der Waals surface area contributed by atoms with E-state index in [1.807, 2.05) is 0 Å². The van der Waals surface area contributed by atoms with Crippen molar-refractivity contribution in [2.75, 3.05) is 19.6 Å². The van der Waals surface area contributed by atoms with E-state index in [1.165, 1.54) is 25.9 Å². The Morgan fingerprint density at radius 2 is 2.27 bits per heavy atom. The molecule has 1 rings (SSSR count). The summed E-state index contributed by atoms with van der Waals surface area (Å²) in [7, 11) is 0. The zero-order valence-corrected chi connectivity index (χ0v) is 7.71. The van der Waals surface area contributed by atoms with Crippen LogP contribution in [0.4, 0.5) is 0 Å². The fourth-order valence-corrected chi connectivity index (χ4v) is 1.99. The van der Waals surface area contributed by atoms with Crippen molar-refractivity contribution in [2.45, 2.75) is 32.7 Å². The number of rotatable bonds is 3. The lowest BCUT2D eigenvalue weighted by Gasteiger charge is -2.23. The molecule has 2 unspecified atom stereocenters. The summed E-state index contributed by atoms with van der Waals surface area (Å²) in [6, 6.07) is 0.722. The third kappa shape index (κ3) is 1.94. The summed E-state index contributed by atoms with van der Waals surface area (Å²) >= 11 is 0. The van der Waals surface area contributed by atoms with Gasteiger partial charge in [0, 0.05) is 6.04 Å². The summed E-state index contributed by atoms with van der Waals surface area (Å²) in [6.07, 6.45) is 2.57. The lowest BCUT2D eigenvalue weighted by atomic mass is 10.0. The van der Waals surface area contributed by atoms with Gasteiger partial charge in [0.05, 0.1) is 0 Å². The Hall–Kier alpha value is -0.0800. The third-order valence-electron chi connectivity index (χ3n) is 2.86.